The fraction of sp³-hybridized carbons (Fsp3) is 0. The van der Waals surface area contributed by atoms with Crippen LogP contribution in [-0.2, 0) is 20.2 Å². The van der Waals surface area contributed by atoms with Gasteiger partial charge in [0.1, 0.15) is 45.0 Å². The van der Waals surface area contributed by atoms with Crippen molar-refractivity contribution in [1.82, 2.24) is 9.97 Å². The molecule has 0 spiro atoms. The van der Waals surface area contributed by atoms with Crippen LogP contribution >= 0.6 is 0 Å². The zero-order chi connectivity index (χ0) is 20.6. The second-order valence-electron chi connectivity index (χ2n) is 5.14. The molecule has 0 saturated carbocycles. The van der Waals surface area contributed by atoms with Crippen LogP contribution in [0.2, 0.25) is 0 Å². The molecule has 0 bridgehead atoms. The number of H-pyrrole nitrogens is 4. The Labute approximate surface area is 160 Å². The fourth-order valence-electron chi connectivity index (χ4n) is 2.17. The first-order chi connectivity index (χ1) is 13.2. The Morgan fingerprint density at radius 3 is 1.29 bits per heavy atom. The van der Waals surface area contributed by atoms with E-state index < -0.39 is 30.0 Å². The molecule has 12 heteroatoms. The second-order valence-corrected chi connectivity index (χ2v) is 7.83. The van der Waals surface area contributed by atoms with Crippen LogP contribution in [0.25, 0.3) is 10.8 Å². The van der Waals surface area contributed by atoms with Crippen molar-refractivity contribution in [1.29, 1.82) is 0 Å². The van der Waals surface area contributed by atoms with Crippen molar-refractivity contribution in [3.8, 4) is 0 Å². The highest BCUT2D eigenvalue weighted by Crippen LogP contribution is 2.27. The van der Waals surface area contributed by atoms with E-state index in [-0.39, 0.29) is 10.8 Å². The molecule has 0 aliphatic carbocycles. The van der Waals surface area contributed by atoms with Crippen molar-refractivity contribution in [2.75, 3.05) is 0 Å². The highest BCUT2D eigenvalue weighted by molar-refractivity contribution is 7.86. The van der Waals surface area contributed by atoms with Crippen LogP contribution in [-0.4, -0.2) is 35.9 Å². The van der Waals surface area contributed by atoms with Crippen LogP contribution < -0.4 is 9.97 Å². The predicted octanol–water partition coefficient (Wildman–Crippen LogP) is 0.306. The van der Waals surface area contributed by atoms with Crippen molar-refractivity contribution in [3.05, 3.63) is 73.8 Å². The fourth-order valence-corrected chi connectivity index (χ4v) is 3.55. The lowest BCUT2D eigenvalue weighted by Crippen LogP contribution is -2.03. The molecule has 0 amide bonds. The largest absolute Gasteiger partial charge is 0.744 e. The van der Waals surface area contributed by atoms with E-state index in [0.717, 1.165) is 12.1 Å². The summed E-state index contributed by atoms with van der Waals surface area (Å²) in [5.74, 6) is 0. The molecule has 4 N–H and O–H groups in total. The molecule has 0 aliphatic heterocycles. The molecule has 0 atom stereocenters. The Kier molecular flexibility index (Phi) is 7.00. The molecular weight excluding hydrogens is 408 g/mol. The summed E-state index contributed by atoms with van der Waals surface area (Å²) in [5.41, 5.74) is 0. The maximum absolute atomic E-state index is 11.0. The molecule has 0 radical (unpaired) electrons. The van der Waals surface area contributed by atoms with Crippen LogP contribution in [0, 0.1) is 0 Å². The second kappa shape index (κ2) is 9.23. The van der Waals surface area contributed by atoms with Crippen molar-refractivity contribution in [2.24, 2.45) is 0 Å². The Balaban J connectivity index is 0.000000226. The molecule has 4 rings (SSSR count). The number of hydrogen-bond donors (Lipinski definition) is 2. The van der Waals surface area contributed by atoms with Crippen molar-refractivity contribution < 1.29 is 35.9 Å². The van der Waals surface area contributed by atoms with E-state index in [4.69, 9.17) is 0 Å². The van der Waals surface area contributed by atoms with Crippen LogP contribution in [0.15, 0.2) is 83.6 Å². The smallest absolute Gasteiger partial charge is 0.239 e. The topological polar surface area (TPSA) is 174 Å². The lowest BCUT2D eigenvalue weighted by Gasteiger charge is -2.14. The highest BCUT2D eigenvalue weighted by Gasteiger charge is 2.12. The number of aromatic amines is 4. The van der Waals surface area contributed by atoms with Gasteiger partial charge >= 0.3 is 0 Å². The van der Waals surface area contributed by atoms with Gasteiger partial charge in [0, 0.05) is 10.8 Å². The number of benzene rings is 2. The summed E-state index contributed by atoms with van der Waals surface area (Å²) in [5, 5.41) is -0.158. The van der Waals surface area contributed by atoms with Gasteiger partial charge in [-0.2, -0.15) is 0 Å². The average molecular weight is 424 g/mol. The standard InChI is InChI=1S/C10H8O6S2.2C3H4N2/c11-17(12,13)9-5-1-3-7-8(9)4-2-6-10(7)18(14,15)16;2*1-2-5-3-4-1/h1-6H,(H,11,12,13)(H,14,15,16);2*1-3H,(H,4,5). The van der Waals surface area contributed by atoms with E-state index in [0.29, 0.717) is 0 Å². The number of nitrogens with one attached hydrogen (secondary N) is 4. The number of hydrogen-bond acceptors (Lipinski definition) is 6. The molecule has 2 aromatic carbocycles. The summed E-state index contributed by atoms with van der Waals surface area (Å²) >= 11 is 0. The van der Waals surface area contributed by atoms with Crippen molar-refractivity contribution in [2.45, 2.75) is 9.79 Å². The molecule has 28 heavy (non-hydrogen) atoms. The van der Waals surface area contributed by atoms with Crippen LogP contribution in [0.5, 0.6) is 0 Å². The van der Waals surface area contributed by atoms with Gasteiger partial charge in [-0.3, -0.25) is 19.9 Å². The summed E-state index contributed by atoms with van der Waals surface area (Å²) in [6.07, 6.45) is 10.8. The van der Waals surface area contributed by atoms with Gasteiger partial charge in [0.15, 0.2) is 0 Å². The number of imidazole rings is 2. The quantitative estimate of drug-likeness (QED) is 0.438. The van der Waals surface area contributed by atoms with E-state index in [1.54, 1.807) is 12.7 Å². The molecule has 0 aliphatic rings. The molecule has 4 aromatic rings. The van der Waals surface area contributed by atoms with Gasteiger partial charge in [-0.1, -0.05) is 24.3 Å². The minimum atomic E-state index is -4.74. The van der Waals surface area contributed by atoms with Gasteiger partial charge in [-0.05, 0) is 12.1 Å². The van der Waals surface area contributed by atoms with Crippen molar-refractivity contribution >= 4 is 31.0 Å². The van der Waals surface area contributed by atoms with E-state index in [1.807, 2.05) is 24.8 Å². The van der Waals surface area contributed by atoms with Gasteiger partial charge in [-0.15, -0.1) is 0 Å². The number of fused-ring (bicyclic) bond motifs is 1. The SMILES string of the molecule is O=S(=O)([O-])c1cccc2c(S(=O)(=O)[O-])cccc12.c1c[nH+]c[nH]1.c1c[nH+]c[nH]1. The summed E-state index contributed by atoms with van der Waals surface area (Å²) in [6.45, 7) is 0. The zero-order valence-electron chi connectivity index (χ0n) is 14.2. The molecule has 0 unspecified atom stereocenters. The Morgan fingerprint density at radius 1 is 0.679 bits per heavy atom. The summed E-state index contributed by atoms with van der Waals surface area (Å²) in [4.78, 5) is 10.1. The first-order valence-electron chi connectivity index (χ1n) is 7.62. The minimum Gasteiger partial charge on any atom is -0.744 e. The Bertz CT molecular complexity index is 1070. The monoisotopic (exact) mass is 424 g/mol. The van der Waals surface area contributed by atoms with E-state index in [9.17, 15) is 25.9 Å². The molecule has 10 nitrogen and oxygen atoms in total. The average Bonchev–Trinajstić information content (AvgIpc) is 3.36. The van der Waals surface area contributed by atoms with Crippen LogP contribution in [0.4, 0.5) is 0 Å². The molecule has 0 fully saturated rings. The Hall–Kier alpha value is -3.06. The minimum absolute atomic E-state index is 0.0792. The highest BCUT2D eigenvalue weighted by atomic mass is 32.2. The third kappa shape index (κ3) is 5.99. The lowest BCUT2D eigenvalue weighted by molar-refractivity contribution is -0.376. The van der Waals surface area contributed by atoms with E-state index in [1.165, 1.54) is 24.3 Å². The first-order valence-corrected chi connectivity index (χ1v) is 10.4. The number of aromatic nitrogens is 4. The molecule has 2 aromatic heterocycles. The van der Waals surface area contributed by atoms with Gasteiger partial charge in [0.2, 0.25) is 12.7 Å². The normalized spacial score (nSPS) is 11.1. The van der Waals surface area contributed by atoms with Crippen LogP contribution in [0.1, 0.15) is 0 Å². The first kappa shape index (κ1) is 21.2. The van der Waals surface area contributed by atoms with Gasteiger partial charge in [-0.25, -0.2) is 16.8 Å². The van der Waals surface area contributed by atoms with Gasteiger partial charge < -0.3 is 9.11 Å². The molecule has 148 valence electrons. The zero-order valence-corrected chi connectivity index (χ0v) is 15.8. The maximum Gasteiger partial charge on any atom is 0.239 e. The molecular formula is C16H16N4O6S2. The summed E-state index contributed by atoms with van der Waals surface area (Å²) < 4.78 is 66.1. The molecule has 0 saturated heterocycles. The predicted molar refractivity (Wildman–Crippen MR) is 94.6 cm³/mol. The van der Waals surface area contributed by atoms with E-state index >= 15 is 0 Å². The van der Waals surface area contributed by atoms with Crippen LogP contribution in [0.3, 0.4) is 0 Å². The third-order valence-electron chi connectivity index (χ3n) is 3.27. The maximum atomic E-state index is 11.0. The lowest BCUT2D eigenvalue weighted by atomic mass is 10.1. The number of rotatable bonds is 2. The van der Waals surface area contributed by atoms with Crippen molar-refractivity contribution in [3.63, 3.8) is 0 Å². The molecule has 2 heterocycles. The Morgan fingerprint density at radius 2 is 1.07 bits per heavy atom. The van der Waals surface area contributed by atoms with Gasteiger partial charge in [0.25, 0.3) is 0 Å². The van der Waals surface area contributed by atoms with E-state index in [2.05, 4.69) is 19.9 Å². The van der Waals surface area contributed by atoms with Gasteiger partial charge in [0.05, 0.1) is 9.79 Å². The summed E-state index contributed by atoms with van der Waals surface area (Å²) in [7, 11) is -9.48. The third-order valence-corrected chi connectivity index (χ3v) is 5.05. The summed E-state index contributed by atoms with van der Waals surface area (Å²) in [6, 6.07) is 7.09.